The largest absolute Gasteiger partial charge is 0.407 e. The molecule has 0 N–H and O–H groups in total. The van der Waals surface area contributed by atoms with E-state index >= 15 is 0 Å². The number of hydrogen-bond donors (Lipinski definition) is 0. The predicted octanol–water partition coefficient (Wildman–Crippen LogP) is 6.98. The highest BCUT2D eigenvalue weighted by molar-refractivity contribution is 9.10. The molecule has 0 aliphatic rings. The molecule has 0 spiro atoms. The van der Waals surface area contributed by atoms with Crippen LogP contribution in [0.15, 0.2) is 65.7 Å². The summed E-state index contributed by atoms with van der Waals surface area (Å²) in [5.74, 6) is 0. The molecular weight excluding hydrogens is 364 g/mol. The van der Waals surface area contributed by atoms with Crippen LogP contribution in [0.25, 0.3) is 0 Å². The van der Waals surface area contributed by atoms with Crippen LogP contribution >= 0.6 is 15.9 Å². The third-order valence-corrected chi connectivity index (χ3v) is 6.40. The molecule has 0 radical (unpaired) electrons. The average Bonchev–Trinajstić information content (AvgIpc) is 2.36. The van der Waals surface area contributed by atoms with Gasteiger partial charge in [-0.05, 0) is 50.7 Å². The van der Waals surface area contributed by atoms with Crippen molar-refractivity contribution >= 4 is 24.2 Å². The minimum atomic E-state index is -1.88. The summed E-state index contributed by atoms with van der Waals surface area (Å²) in [6, 6.07) is 9.37. The Balaban J connectivity index is 3.39. The number of hydrogen-bond acceptors (Lipinski definition) is 1. The van der Waals surface area contributed by atoms with Gasteiger partial charge in [-0.25, -0.2) is 0 Å². The lowest BCUT2D eigenvalue weighted by atomic mass is 9.83. The van der Waals surface area contributed by atoms with Crippen LogP contribution in [-0.2, 0) is 10.0 Å². The zero-order valence-electron chi connectivity index (χ0n) is 14.9. The van der Waals surface area contributed by atoms with Gasteiger partial charge in [-0.1, -0.05) is 45.3 Å². The lowest BCUT2D eigenvalue weighted by molar-refractivity contribution is 0.0571. The van der Waals surface area contributed by atoms with Crippen molar-refractivity contribution < 1.29 is 4.43 Å². The third kappa shape index (κ3) is 6.25. The fourth-order valence-electron chi connectivity index (χ4n) is 3.04. The molecule has 126 valence electrons. The van der Waals surface area contributed by atoms with Gasteiger partial charge < -0.3 is 4.43 Å². The Morgan fingerprint density at radius 3 is 2.00 bits per heavy atom. The van der Waals surface area contributed by atoms with E-state index in [1.807, 2.05) is 6.08 Å². The van der Waals surface area contributed by atoms with Gasteiger partial charge in [0.1, 0.15) is 0 Å². The monoisotopic (exact) mass is 392 g/mol. The zero-order valence-corrected chi connectivity index (χ0v) is 17.5. The van der Waals surface area contributed by atoms with Crippen molar-refractivity contribution in [1.29, 1.82) is 0 Å². The summed E-state index contributed by atoms with van der Waals surface area (Å²) < 4.78 is 7.92. The van der Waals surface area contributed by atoms with Gasteiger partial charge in [-0.3, -0.25) is 0 Å². The van der Waals surface area contributed by atoms with Gasteiger partial charge >= 0.3 is 0 Å². The smallest absolute Gasteiger partial charge is 0.191 e. The van der Waals surface area contributed by atoms with Gasteiger partial charge in [0.2, 0.25) is 0 Å². The fourth-order valence-corrected chi connectivity index (χ4v) is 5.41. The molecule has 0 unspecified atom stereocenters. The van der Waals surface area contributed by atoms with E-state index in [0.29, 0.717) is 0 Å². The Morgan fingerprint density at radius 2 is 1.61 bits per heavy atom. The number of benzene rings is 1. The van der Waals surface area contributed by atoms with Gasteiger partial charge in [0.15, 0.2) is 8.32 Å². The standard InChI is InChI=1S/C20H29BrOSi/c1-8-13-23(6,7)22-20(14-16(2)3,15-17(4)5)18-9-11-19(21)12-10-18/h8-12H,1-2,4,13-15H2,3,5-7H3. The molecular formula is C20H29BrOSi. The molecule has 23 heavy (non-hydrogen) atoms. The normalized spacial score (nSPS) is 12.0. The van der Waals surface area contributed by atoms with Gasteiger partial charge in [-0.2, -0.15) is 0 Å². The van der Waals surface area contributed by atoms with Crippen LogP contribution in [0.3, 0.4) is 0 Å². The highest BCUT2D eigenvalue weighted by Gasteiger charge is 2.39. The second-order valence-electron chi connectivity index (χ2n) is 7.12. The summed E-state index contributed by atoms with van der Waals surface area (Å²) in [5, 5.41) is 0. The molecule has 0 aromatic heterocycles. The zero-order chi connectivity index (χ0) is 17.7. The molecule has 1 aromatic rings. The molecule has 0 amide bonds. The third-order valence-electron chi connectivity index (χ3n) is 3.65. The van der Waals surface area contributed by atoms with E-state index in [0.717, 1.165) is 34.5 Å². The molecule has 1 rings (SSSR count). The first-order valence-electron chi connectivity index (χ1n) is 7.96. The van der Waals surface area contributed by atoms with Crippen LogP contribution in [0.5, 0.6) is 0 Å². The quantitative estimate of drug-likeness (QED) is 0.325. The highest BCUT2D eigenvalue weighted by atomic mass is 79.9. The molecule has 1 aromatic carbocycles. The molecule has 0 fully saturated rings. The molecule has 0 saturated heterocycles. The molecule has 0 saturated carbocycles. The SMILES string of the molecule is C=CC[Si](C)(C)OC(CC(=C)C)(CC(=C)C)c1ccc(Br)cc1. The van der Waals surface area contributed by atoms with Crippen LogP contribution in [0.2, 0.25) is 19.1 Å². The van der Waals surface area contributed by atoms with Crippen molar-refractivity contribution in [2.45, 2.75) is 51.4 Å². The summed E-state index contributed by atoms with van der Waals surface area (Å²) in [4.78, 5) is 0. The Morgan fingerprint density at radius 1 is 1.13 bits per heavy atom. The van der Waals surface area contributed by atoms with Crippen molar-refractivity contribution in [1.82, 2.24) is 0 Å². The van der Waals surface area contributed by atoms with Gasteiger partial charge in [0.05, 0.1) is 5.60 Å². The molecule has 0 heterocycles. The summed E-state index contributed by atoms with van der Waals surface area (Å²) in [7, 11) is -1.88. The average molecular weight is 393 g/mol. The van der Waals surface area contributed by atoms with E-state index in [1.54, 1.807) is 0 Å². The molecule has 1 nitrogen and oxygen atoms in total. The lowest BCUT2D eigenvalue weighted by Crippen LogP contribution is -2.43. The Kier molecular flexibility index (Phi) is 7.24. The van der Waals surface area contributed by atoms with Crippen LogP contribution in [0.1, 0.15) is 32.3 Å². The van der Waals surface area contributed by atoms with Crippen molar-refractivity contribution in [2.24, 2.45) is 0 Å². The molecule has 0 aliphatic carbocycles. The van der Waals surface area contributed by atoms with Gasteiger partial charge in [0.25, 0.3) is 0 Å². The number of allylic oxidation sites excluding steroid dienone is 1. The first kappa shape index (κ1) is 20.1. The van der Waals surface area contributed by atoms with Crippen LogP contribution in [-0.4, -0.2) is 8.32 Å². The summed E-state index contributed by atoms with van der Waals surface area (Å²) >= 11 is 3.52. The number of rotatable bonds is 9. The maximum atomic E-state index is 6.84. The molecule has 0 aliphatic heterocycles. The van der Waals surface area contributed by atoms with Crippen molar-refractivity contribution in [3.05, 3.63) is 71.3 Å². The van der Waals surface area contributed by atoms with Crippen molar-refractivity contribution in [2.75, 3.05) is 0 Å². The summed E-state index contributed by atoms with van der Waals surface area (Å²) in [6.45, 7) is 20.8. The Labute approximate surface area is 151 Å². The van der Waals surface area contributed by atoms with Crippen LogP contribution in [0.4, 0.5) is 0 Å². The first-order valence-corrected chi connectivity index (χ1v) is 11.9. The van der Waals surface area contributed by atoms with Gasteiger partial charge in [-0.15, -0.1) is 19.7 Å². The summed E-state index contributed by atoms with van der Waals surface area (Å²) in [6.07, 6.45) is 3.57. The first-order chi connectivity index (χ1) is 10.6. The Hall–Kier alpha value is -0.903. The topological polar surface area (TPSA) is 9.23 Å². The molecule has 3 heteroatoms. The second-order valence-corrected chi connectivity index (χ2v) is 12.2. The molecule has 0 atom stereocenters. The van der Waals surface area contributed by atoms with Crippen LogP contribution < -0.4 is 0 Å². The maximum absolute atomic E-state index is 6.84. The second kappa shape index (κ2) is 8.27. The minimum absolute atomic E-state index is 0.392. The predicted molar refractivity (Wildman–Crippen MR) is 108 cm³/mol. The van der Waals surface area contributed by atoms with E-state index in [9.17, 15) is 0 Å². The van der Waals surface area contributed by atoms with Crippen molar-refractivity contribution in [3.63, 3.8) is 0 Å². The van der Waals surface area contributed by atoms with E-state index < -0.39 is 13.9 Å². The fraction of sp³-hybridized carbons (Fsp3) is 0.400. The van der Waals surface area contributed by atoms with E-state index in [1.165, 1.54) is 5.56 Å². The van der Waals surface area contributed by atoms with Crippen molar-refractivity contribution in [3.8, 4) is 0 Å². The van der Waals surface area contributed by atoms with Gasteiger partial charge in [0, 0.05) is 17.3 Å². The number of halogens is 1. The summed E-state index contributed by atoms with van der Waals surface area (Å²) in [5.41, 5.74) is 3.04. The minimum Gasteiger partial charge on any atom is -0.407 e. The van der Waals surface area contributed by atoms with Crippen LogP contribution in [0, 0.1) is 0 Å². The molecule has 0 bridgehead atoms. The van der Waals surface area contributed by atoms with E-state index in [4.69, 9.17) is 4.43 Å². The van der Waals surface area contributed by atoms with E-state index in [-0.39, 0.29) is 0 Å². The Bertz CT molecular complexity index is 556. The lowest BCUT2D eigenvalue weighted by Gasteiger charge is -2.41. The van der Waals surface area contributed by atoms with E-state index in [2.05, 4.69) is 86.9 Å². The maximum Gasteiger partial charge on any atom is 0.191 e. The highest BCUT2D eigenvalue weighted by Crippen LogP contribution is 2.41.